The molecule has 0 spiro atoms. The Morgan fingerprint density at radius 3 is 2.84 bits per heavy atom. The van der Waals surface area contributed by atoms with Crippen LogP contribution in [0.15, 0.2) is 0 Å². The minimum absolute atomic E-state index is 0.417. The topological polar surface area (TPSA) is 76.5 Å². The standard InChI is InChI=1S/C13H24N4O2/c1-9-13(14)10(2)17(15-9)7-12(18)6-16(3)11-4-5-19-8-11/h11-12,18H,4-8,14H2,1-3H3. The van der Waals surface area contributed by atoms with Crippen molar-refractivity contribution >= 4 is 5.69 Å². The zero-order valence-electron chi connectivity index (χ0n) is 12.0. The maximum absolute atomic E-state index is 10.2. The summed E-state index contributed by atoms with van der Waals surface area (Å²) < 4.78 is 7.14. The number of likely N-dealkylation sites (N-methyl/N-ethyl adjacent to an activating group) is 1. The van der Waals surface area contributed by atoms with Crippen LogP contribution in [0.1, 0.15) is 17.8 Å². The molecule has 6 nitrogen and oxygen atoms in total. The molecular weight excluding hydrogens is 244 g/mol. The molecule has 1 aliphatic heterocycles. The van der Waals surface area contributed by atoms with E-state index in [1.165, 1.54) is 0 Å². The van der Waals surface area contributed by atoms with E-state index in [4.69, 9.17) is 10.5 Å². The first-order chi connectivity index (χ1) is 8.99. The van der Waals surface area contributed by atoms with Crippen molar-refractivity contribution in [2.24, 2.45) is 0 Å². The second kappa shape index (κ2) is 5.90. The third-order valence-corrected chi connectivity index (χ3v) is 3.85. The summed E-state index contributed by atoms with van der Waals surface area (Å²) in [7, 11) is 2.03. The van der Waals surface area contributed by atoms with Crippen LogP contribution in [0.4, 0.5) is 5.69 Å². The lowest BCUT2D eigenvalue weighted by molar-refractivity contribution is 0.0810. The highest BCUT2D eigenvalue weighted by atomic mass is 16.5. The summed E-state index contributed by atoms with van der Waals surface area (Å²) in [5.74, 6) is 0. The molecule has 0 radical (unpaired) electrons. The summed E-state index contributed by atoms with van der Waals surface area (Å²) in [5.41, 5.74) is 8.34. The van der Waals surface area contributed by atoms with E-state index in [-0.39, 0.29) is 0 Å². The number of anilines is 1. The molecule has 6 heteroatoms. The van der Waals surface area contributed by atoms with Gasteiger partial charge < -0.3 is 15.6 Å². The third kappa shape index (κ3) is 3.26. The summed E-state index contributed by atoms with van der Waals surface area (Å²) in [6.07, 6.45) is 0.582. The Morgan fingerprint density at radius 1 is 1.58 bits per heavy atom. The van der Waals surface area contributed by atoms with Crippen molar-refractivity contribution < 1.29 is 9.84 Å². The fourth-order valence-electron chi connectivity index (χ4n) is 2.50. The quantitative estimate of drug-likeness (QED) is 0.796. The van der Waals surface area contributed by atoms with Crippen molar-refractivity contribution in [3.8, 4) is 0 Å². The van der Waals surface area contributed by atoms with Gasteiger partial charge in [-0.15, -0.1) is 0 Å². The van der Waals surface area contributed by atoms with Gasteiger partial charge in [0, 0.05) is 19.2 Å². The predicted octanol–water partition coefficient (Wildman–Crippen LogP) is 0.164. The number of hydrogen-bond donors (Lipinski definition) is 2. The van der Waals surface area contributed by atoms with Crippen molar-refractivity contribution in [3.63, 3.8) is 0 Å². The number of ether oxygens (including phenoxy) is 1. The number of nitrogens with zero attached hydrogens (tertiary/aromatic N) is 3. The number of aliphatic hydroxyl groups excluding tert-OH is 1. The predicted molar refractivity (Wildman–Crippen MR) is 74.0 cm³/mol. The zero-order valence-corrected chi connectivity index (χ0v) is 12.0. The van der Waals surface area contributed by atoms with Gasteiger partial charge in [-0.3, -0.25) is 9.58 Å². The lowest BCUT2D eigenvalue weighted by Gasteiger charge is -2.25. The van der Waals surface area contributed by atoms with Crippen LogP contribution in [-0.4, -0.2) is 58.7 Å². The Kier molecular flexibility index (Phi) is 4.44. The van der Waals surface area contributed by atoms with Gasteiger partial charge in [0.25, 0.3) is 0 Å². The second-order valence-corrected chi connectivity index (χ2v) is 5.38. The second-order valence-electron chi connectivity index (χ2n) is 5.38. The minimum Gasteiger partial charge on any atom is -0.396 e. The van der Waals surface area contributed by atoms with E-state index in [9.17, 15) is 5.11 Å². The Bertz CT molecular complexity index is 427. The molecule has 19 heavy (non-hydrogen) atoms. The molecule has 1 saturated heterocycles. The summed E-state index contributed by atoms with van der Waals surface area (Å²) in [5, 5.41) is 14.5. The van der Waals surface area contributed by atoms with E-state index in [2.05, 4.69) is 10.00 Å². The fourth-order valence-corrected chi connectivity index (χ4v) is 2.50. The highest BCUT2D eigenvalue weighted by Gasteiger charge is 2.22. The average molecular weight is 268 g/mol. The number of nitrogen functional groups attached to an aromatic ring is 1. The molecule has 0 aromatic carbocycles. The molecule has 2 atom stereocenters. The number of rotatable bonds is 5. The van der Waals surface area contributed by atoms with Gasteiger partial charge in [0.1, 0.15) is 0 Å². The van der Waals surface area contributed by atoms with Crippen LogP contribution in [0, 0.1) is 13.8 Å². The van der Waals surface area contributed by atoms with Gasteiger partial charge in [-0.2, -0.15) is 5.10 Å². The molecule has 0 amide bonds. The molecule has 108 valence electrons. The van der Waals surface area contributed by atoms with Gasteiger partial charge in [0.05, 0.1) is 36.3 Å². The van der Waals surface area contributed by atoms with Crippen LogP contribution in [0.5, 0.6) is 0 Å². The molecule has 2 heterocycles. The van der Waals surface area contributed by atoms with Crippen LogP contribution in [0.3, 0.4) is 0 Å². The zero-order chi connectivity index (χ0) is 14.0. The first kappa shape index (κ1) is 14.3. The van der Waals surface area contributed by atoms with E-state index >= 15 is 0 Å². The van der Waals surface area contributed by atoms with Crippen LogP contribution < -0.4 is 5.73 Å². The van der Waals surface area contributed by atoms with Crippen LogP contribution in [0.2, 0.25) is 0 Å². The van der Waals surface area contributed by atoms with E-state index in [1.807, 2.05) is 20.9 Å². The first-order valence-corrected chi connectivity index (χ1v) is 6.74. The molecule has 0 aliphatic carbocycles. The normalized spacial score (nSPS) is 21.2. The van der Waals surface area contributed by atoms with E-state index in [0.29, 0.717) is 24.8 Å². The maximum Gasteiger partial charge on any atom is 0.0862 e. The van der Waals surface area contributed by atoms with Gasteiger partial charge in [0.2, 0.25) is 0 Å². The highest BCUT2D eigenvalue weighted by molar-refractivity contribution is 5.46. The number of aliphatic hydroxyl groups is 1. The summed E-state index contributed by atoms with van der Waals surface area (Å²) in [4.78, 5) is 2.16. The summed E-state index contributed by atoms with van der Waals surface area (Å²) in [6.45, 7) is 6.48. The smallest absolute Gasteiger partial charge is 0.0862 e. The average Bonchev–Trinajstić information content (AvgIpc) is 2.96. The van der Waals surface area contributed by atoms with Crippen molar-refractivity contribution in [1.29, 1.82) is 0 Å². The van der Waals surface area contributed by atoms with Gasteiger partial charge in [-0.25, -0.2) is 0 Å². The van der Waals surface area contributed by atoms with E-state index in [0.717, 1.165) is 31.0 Å². The molecule has 1 aliphatic rings. The monoisotopic (exact) mass is 268 g/mol. The molecule has 2 unspecified atom stereocenters. The molecule has 1 aromatic heterocycles. The van der Waals surface area contributed by atoms with Crippen LogP contribution in [0.25, 0.3) is 0 Å². The Balaban J connectivity index is 1.89. The van der Waals surface area contributed by atoms with E-state index in [1.54, 1.807) is 4.68 Å². The lowest BCUT2D eigenvalue weighted by Crippen LogP contribution is -2.39. The van der Waals surface area contributed by atoms with Gasteiger partial charge >= 0.3 is 0 Å². The molecule has 1 aromatic rings. The Morgan fingerprint density at radius 2 is 2.32 bits per heavy atom. The number of nitrogens with two attached hydrogens (primary N) is 1. The maximum atomic E-state index is 10.2. The molecule has 2 rings (SSSR count). The number of aromatic nitrogens is 2. The van der Waals surface area contributed by atoms with Crippen molar-refractivity contribution in [2.75, 3.05) is 32.5 Å². The summed E-state index contributed by atoms with van der Waals surface area (Å²) >= 11 is 0. The lowest BCUT2D eigenvalue weighted by atomic mass is 10.2. The number of aryl methyl sites for hydroxylation is 1. The van der Waals surface area contributed by atoms with Gasteiger partial charge in [-0.05, 0) is 27.3 Å². The van der Waals surface area contributed by atoms with Crippen LogP contribution >= 0.6 is 0 Å². The highest BCUT2D eigenvalue weighted by Crippen LogP contribution is 2.16. The van der Waals surface area contributed by atoms with Crippen molar-refractivity contribution in [3.05, 3.63) is 11.4 Å². The molecule has 1 fully saturated rings. The van der Waals surface area contributed by atoms with Gasteiger partial charge in [0.15, 0.2) is 0 Å². The van der Waals surface area contributed by atoms with Crippen molar-refractivity contribution in [2.45, 2.75) is 39.0 Å². The fraction of sp³-hybridized carbons (Fsp3) is 0.769. The SMILES string of the molecule is Cc1nn(CC(O)CN(C)C2CCOC2)c(C)c1N. The molecule has 3 N–H and O–H groups in total. The molecule has 0 saturated carbocycles. The van der Waals surface area contributed by atoms with Crippen LogP contribution in [-0.2, 0) is 11.3 Å². The minimum atomic E-state index is -0.456. The Hall–Kier alpha value is -1.11. The van der Waals surface area contributed by atoms with E-state index < -0.39 is 6.10 Å². The first-order valence-electron chi connectivity index (χ1n) is 6.74. The van der Waals surface area contributed by atoms with Crippen molar-refractivity contribution in [1.82, 2.24) is 14.7 Å². The largest absolute Gasteiger partial charge is 0.396 e. The molecule has 0 bridgehead atoms. The van der Waals surface area contributed by atoms with Gasteiger partial charge in [-0.1, -0.05) is 0 Å². The third-order valence-electron chi connectivity index (χ3n) is 3.85. The number of hydrogen-bond acceptors (Lipinski definition) is 5. The Labute approximate surface area is 114 Å². The summed E-state index contributed by atoms with van der Waals surface area (Å²) in [6, 6.07) is 0.417. The molecular formula is C13H24N4O2.